The van der Waals surface area contributed by atoms with E-state index in [0.29, 0.717) is 16.6 Å². The molecule has 0 fully saturated rings. The van der Waals surface area contributed by atoms with E-state index in [2.05, 4.69) is 29.4 Å². The average molecular weight is 410 g/mol. The zero-order valence-corrected chi connectivity index (χ0v) is 17.7. The van der Waals surface area contributed by atoms with Gasteiger partial charge in [-0.2, -0.15) is 5.10 Å². The zero-order valence-electron chi connectivity index (χ0n) is 17.0. The van der Waals surface area contributed by atoms with Crippen LogP contribution in [-0.4, -0.2) is 23.7 Å². The molecule has 0 bridgehead atoms. The van der Waals surface area contributed by atoms with Gasteiger partial charge in [0.2, 0.25) is 0 Å². The van der Waals surface area contributed by atoms with E-state index >= 15 is 0 Å². The summed E-state index contributed by atoms with van der Waals surface area (Å²) in [5, 5.41) is 5.29. The number of para-hydroxylation sites is 1. The molecular weight excluding hydrogens is 386 g/mol. The number of halogens is 1. The molecular formula is C23H24ClN3O2. The Bertz CT molecular complexity index is 1080. The van der Waals surface area contributed by atoms with Crippen LogP contribution in [0.15, 0.2) is 47.6 Å². The van der Waals surface area contributed by atoms with Gasteiger partial charge in [-0.05, 0) is 48.6 Å². The fourth-order valence-corrected chi connectivity index (χ4v) is 3.21. The smallest absolute Gasteiger partial charge is 0.277 e. The number of hydrazone groups is 1. The third-order valence-electron chi connectivity index (χ3n) is 4.57. The number of nitrogens with zero attached hydrogens (tertiary/aromatic N) is 2. The minimum absolute atomic E-state index is 0.122. The predicted molar refractivity (Wildman–Crippen MR) is 118 cm³/mol. The molecule has 5 nitrogen and oxygen atoms in total. The van der Waals surface area contributed by atoms with E-state index < -0.39 is 0 Å². The number of fused-ring (bicyclic) bond motifs is 1. The summed E-state index contributed by atoms with van der Waals surface area (Å²) >= 11 is 6.25. The van der Waals surface area contributed by atoms with Crippen LogP contribution in [0.25, 0.3) is 10.9 Å². The van der Waals surface area contributed by atoms with Gasteiger partial charge in [0.25, 0.3) is 5.91 Å². The van der Waals surface area contributed by atoms with Crippen molar-refractivity contribution in [1.82, 2.24) is 10.4 Å². The Morgan fingerprint density at radius 3 is 2.79 bits per heavy atom. The Kier molecular flexibility index (Phi) is 6.49. The quantitative estimate of drug-likeness (QED) is 0.347. The second-order valence-electron chi connectivity index (χ2n) is 7.29. The third-order valence-corrected chi connectivity index (χ3v) is 4.87. The lowest BCUT2D eigenvalue weighted by Gasteiger charge is -2.14. The summed E-state index contributed by atoms with van der Waals surface area (Å²) < 4.78 is 5.71. The Morgan fingerprint density at radius 2 is 2.03 bits per heavy atom. The number of carbonyl (C=O) groups excluding carboxylic acids is 1. The molecule has 2 aromatic carbocycles. The minimum Gasteiger partial charge on any atom is -0.483 e. The summed E-state index contributed by atoms with van der Waals surface area (Å²) in [6.07, 6.45) is 1.49. The van der Waals surface area contributed by atoms with Crippen molar-refractivity contribution in [3.63, 3.8) is 0 Å². The molecule has 1 amide bonds. The maximum atomic E-state index is 12.1. The lowest BCUT2D eigenvalue weighted by molar-refractivity contribution is -0.123. The van der Waals surface area contributed by atoms with E-state index in [-0.39, 0.29) is 12.5 Å². The number of ether oxygens (including phenoxy) is 1. The van der Waals surface area contributed by atoms with Crippen LogP contribution in [-0.2, 0) is 4.79 Å². The van der Waals surface area contributed by atoms with E-state index in [1.54, 1.807) is 0 Å². The number of benzene rings is 2. The number of aryl methyl sites for hydroxylation is 2. The topological polar surface area (TPSA) is 63.6 Å². The number of rotatable bonds is 6. The summed E-state index contributed by atoms with van der Waals surface area (Å²) in [4.78, 5) is 16.5. The van der Waals surface area contributed by atoms with Crippen molar-refractivity contribution in [1.29, 1.82) is 0 Å². The van der Waals surface area contributed by atoms with Gasteiger partial charge >= 0.3 is 0 Å². The van der Waals surface area contributed by atoms with Crippen molar-refractivity contribution in [2.75, 3.05) is 6.61 Å². The van der Waals surface area contributed by atoms with Crippen LogP contribution in [0.1, 0.15) is 42.0 Å². The Labute approximate surface area is 175 Å². The van der Waals surface area contributed by atoms with Crippen molar-refractivity contribution < 1.29 is 9.53 Å². The van der Waals surface area contributed by atoms with Crippen molar-refractivity contribution in [3.05, 3.63) is 69.9 Å². The number of hydrogen-bond acceptors (Lipinski definition) is 4. The first-order chi connectivity index (χ1) is 13.8. The molecule has 1 heterocycles. The molecule has 3 rings (SSSR count). The zero-order chi connectivity index (χ0) is 21.0. The van der Waals surface area contributed by atoms with E-state index in [0.717, 1.165) is 33.3 Å². The minimum atomic E-state index is -0.349. The van der Waals surface area contributed by atoms with Crippen LogP contribution in [0, 0.1) is 13.8 Å². The highest BCUT2D eigenvalue weighted by atomic mass is 35.5. The summed E-state index contributed by atoms with van der Waals surface area (Å²) in [5.74, 6) is 0.673. The van der Waals surface area contributed by atoms with Gasteiger partial charge in [0.1, 0.15) is 10.9 Å². The molecule has 1 N–H and O–H groups in total. The summed E-state index contributed by atoms with van der Waals surface area (Å²) in [6.45, 7) is 8.03. The highest BCUT2D eigenvalue weighted by Gasteiger charge is 2.10. The molecule has 3 aromatic rings. The standard InChI is InChI=1S/C23H24ClN3O2/c1-14(2)19-9-8-15(3)10-20(19)29-13-21(28)27-25-12-18-11-17-7-5-6-16(4)22(17)26-23(18)24/h5-12,14H,13H2,1-4H3,(H,27,28)/b25-12-. The molecule has 0 aliphatic heterocycles. The largest absolute Gasteiger partial charge is 0.483 e. The van der Waals surface area contributed by atoms with Crippen LogP contribution < -0.4 is 10.2 Å². The van der Waals surface area contributed by atoms with Gasteiger partial charge in [0.05, 0.1) is 11.7 Å². The van der Waals surface area contributed by atoms with Gasteiger partial charge < -0.3 is 4.74 Å². The number of hydrogen-bond donors (Lipinski definition) is 1. The van der Waals surface area contributed by atoms with Crippen molar-refractivity contribution in [3.8, 4) is 5.75 Å². The summed E-state index contributed by atoms with van der Waals surface area (Å²) in [6, 6.07) is 13.8. The molecule has 0 aliphatic carbocycles. The number of amides is 1. The molecule has 6 heteroatoms. The molecule has 0 saturated carbocycles. The molecule has 150 valence electrons. The van der Waals surface area contributed by atoms with E-state index in [4.69, 9.17) is 16.3 Å². The number of aromatic nitrogens is 1. The lowest BCUT2D eigenvalue weighted by Crippen LogP contribution is -2.25. The van der Waals surface area contributed by atoms with Crippen molar-refractivity contribution in [2.45, 2.75) is 33.6 Å². The van der Waals surface area contributed by atoms with Gasteiger partial charge in [0.15, 0.2) is 6.61 Å². The lowest BCUT2D eigenvalue weighted by atomic mass is 10.0. The van der Waals surface area contributed by atoms with Gasteiger partial charge in [-0.15, -0.1) is 0 Å². The number of carbonyl (C=O) groups is 1. The highest BCUT2D eigenvalue weighted by Crippen LogP contribution is 2.27. The van der Waals surface area contributed by atoms with Gasteiger partial charge in [0, 0.05) is 10.9 Å². The molecule has 0 unspecified atom stereocenters. The van der Waals surface area contributed by atoms with Crippen LogP contribution in [0.5, 0.6) is 5.75 Å². The molecule has 0 spiro atoms. The Balaban J connectivity index is 1.64. The second kappa shape index (κ2) is 9.05. The highest BCUT2D eigenvalue weighted by molar-refractivity contribution is 6.32. The fourth-order valence-electron chi connectivity index (χ4n) is 3.02. The average Bonchev–Trinajstić information content (AvgIpc) is 2.67. The molecule has 0 aliphatic rings. The normalized spacial score (nSPS) is 11.4. The van der Waals surface area contributed by atoms with E-state index in [9.17, 15) is 4.79 Å². The summed E-state index contributed by atoms with van der Waals surface area (Å²) in [7, 11) is 0. The van der Waals surface area contributed by atoms with Crippen LogP contribution >= 0.6 is 11.6 Å². The van der Waals surface area contributed by atoms with Crippen LogP contribution in [0.4, 0.5) is 0 Å². The van der Waals surface area contributed by atoms with Crippen LogP contribution in [0.3, 0.4) is 0 Å². The summed E-state index contributed by atoms with van der Waals surface area (Å²) in [5.41, 5.74) is 7.15. The Hall–Kier alpha value is -2.92. The van der Waals surface area contributed by atoms with Crippen molar-refractivity contribution >= 4 is 34.6 Å². The molecule has 0 saturated heterocycles. The maximum Gasteiger partial charge on any atom is 0.277 e. The molecule has 0 radical (unpaired) electrons. The van der Waals surface area contributed by atoms with E-state index in [1.807, 2.05) is 56.3 Å². The van der Waals surface area contributed by atoms with Gasteiger partial charge in [-0.25, -0.2) is 10.4 Å². The first-order valence-electron chi connectivity index (χ1n) is 9.46. The van der Waals surface area contributed by atoms with Gasteiger partial charge in [-0.3, -0.25) is 4.79 Å². The van der Waals surface area contributed by atoms with Crippen LogP contribution in [0.2, 0.25) is 5.15 Å². The maximum absolute atomic E-state index is 12.1. The SMILES string of the molecule is Cc1ccc(C(C)C)c(OCC(=O)N/N=C\c2cc3cccc(C)c3nc2Cl)c1. The van der Waals surface area contributed by atoms with E-state index in [1.165, 1.54) is 6.21 Å². The molecule has 29 heavy (non-hydrogen) atoms. The second-order valence-corrected chi connectivity index (χ2v) is 7.65. The van der Waals surface area contributed by atoms with Gasteiger partial charge in [-0.1, -0.05) is 55.8 Å². The first kappa shape index (κ1) is 20.8. The number of pyridine rings is 1. The number of nitrogens with one attached hydrogen (secondary N) is 1. The van der Waals surface area contributed by atoms with Crippen molar-refractivity contribution in [2.24, 2.45) is 5.10 Å². The third kappa shape index (κ3) is 5.12. The molecule has 1 aromatic heterocycles. The first-order valence-corrected chi connectivity index (χ1v) is 9.84. The fraction of sp³-hybridized carbons (Fsp3) is 0.261. The monoisotopic (exact) mass is 409 g/mol. The Morgan fingerprint density at radius 1 is 1.24 bits per heavy atom. The molecule has 0 atom stereocenters. The predicted octanol–water partition coefficient (Wildman–Crippen LogP) is 5.16.